The van der Waals surface area contributed by atoms with E-state index in [0.29, 0.717) is 0 Å². The molecule has 0 aromatic heterocycles. The molecule has 2 unspecified atom stereocenters. The summed E-state index contributed by atoms with van der Waals surface area (Å²) in [6, 6.07) is 10.8. The molecule has 0 heterocycles. The molecule has 0 amide bonds. The summed E-state index contributed by atoms with van der Waals surface area (Å²) in [5.74, 6) is 2.08. The van der Waals surface area contributed by atoms with Gasteiger partial charge >= 0.3 is 0 Å². The largest absolute Gasteiger partial charge is 0.0861 e. The van der Waals surface area contributed by atoms with Crippen LogP contribution in [0.2, 0.25) is 0 Å². The fourth-order valence-corrected chi connectivity index (χ4v) is 2.93. The zero-order chi connectivity index (χ0) is 9.10. The quantitative estimate of drug-likeness (QED) is 0.585. The number of halogens is 1. The third-order valence-corrected chi connectivity index (χ3v) is 4.05. The number of hydrogen-bond acceptors (Lipinski definition) is 0. The predicted octanol–water partition coefficient (Wildman–Crippen LogP) is 3.69. The van der Waals surface area contributed by atoms with Crippen molar-refractivity contribution in [2.24, 2.45) is 11.8 Å². The predicted molar refractivity (Wildman–Crippen MR) is 65.2 cm³/mol. The van der Waals surface area contributed by atoms with Gasteiger partial charge in [-0.15, -0.1) is 0 Å². The van der Waals surface area contributed by atoms with Gasteiger partial charge in [0.15, 0.2) is 0 Å². The van der Waals surface area contributed by atoms with E-state index in [0.717, 1.165) is 11.8 Å². The van der Waals surface area contributed by atoms with Crippen LogP contribution in [-0.2, 0) is 6.42 Å². The SMILES string of the molecule is ICC1CC1CCc1ccccc1. The van der Waals surface area contributed by atoms with Crippen molar-refractivity contribution < 1.29 is 0 Å². The maximum absolute atomic E-state index is 2.51. The molecule has 1 fully saturated rings. The van der Waals surface area contributed by atoms with Crippen LogP contribution in [0.15, 0.2) is 30.3 Å². The minimum absolute atomic E-state index is 1.04. The van der Waals surface area contributed by atoms with Crippen molar-refractivity contribution in [3.63, 3.8) is 0 Å². The molecule has 1 aromatic rings. The molecule has 0 bridgehead atoms. The van der Waals surface area contributed by atoms with E-state index in [1.165, 1.54) is 29.3 Å². The smallest absolute Gasteiger partial charge is 0.00264 e. The molecule has 13 heavy (non-hydrogen) atoms. The van der Waals surface area contributed by atoms with E-state index in [4.69, 9.17) is 0 Å². The topological polar surface area (TPSA) is 0 Å². The van der Waals surface area contributed by atoms with E-state index in [-0.39, 0.29) is 0 Å². The average Bonchev–Trinajstić information content (AvgIpc) is 2.95. The second-order valence-corrected chi connectivity index (χ2v) is 4.82. The zero-order valence-electron chi connectivity index (χ0n) is 7.75. The number of rotatable bonds is 4. The number of aryl methyl sites for hydroxylation is 1. The van der Waals surface area contributed by atoms with Crippen molar-refractivity contribution in [1.29, 1.82) is 0 Å². The Labute approximate surface area is 93.9 Å². The summed E-state index contributed by atoms with van der Waals surface area (Å²) < 4.78 is 1.36. The van der Waals surface area contributed by atoms with Crippen LogP contribution in [0.25, 0.3) is 0 Å². The normalized spacial score (nSPS) is 25.9. The van der Waals surface area contributed by atoms with Crippen LogP contribution in [0, 0.1) is 11.8 Å². The maximum Gasteiger partial charge on any atom is 0.00264 e. The highest BCUT2D eigenvalue weighted by Crippen LogP contribution is 2.42. The van der Waals surface area contributed by atoms with E-state index in [1.807, 2.05) is 0 Å². The average molecular weight is 286 g/mol. The molecule has 1 heteroatoms. The second-order valence-electron chi connectivity index (χ2n) is 3.93. The van der Waals surface area contributed by atoms with Gasteiger partial charge < -0.3 is 0 Å². The Morgan fingerprint density at radius 1 is 1.15 bits per heavy atom. The van der Waals surface area contributed by atoms with Crippen molar-refractivity contribution in [3.05, 3.63) is 35.9 Å². The van der Waals surface area contributed by atoms with Gasteiger partial charge in [-0.2, -0.15) is 0 Å². The highest BCUT2D eigenvalue weighted by Gasteiger charge is 2.34. The molecule has 2 atom stereocenters. The second kappa shape index (κ2) is 4.45. The van der Waals surface area contributed by atoms with Crippen LogP contribution in [0.1, 0.15) is 18.4 Å². The molecule has 0 spiro atoms. The van der Waals surface area contributed by atoms with Crippen molar-refractivity contribution in [2.75, 3.05) is 4.43 Å². The van der Waals surface area contributed by atoms with Crippen molar-refractivity contribution >= 4 is 22.6 Å². The van der Waals surface area contributed by atoms with Crippen molar-refractivity contribution in [3.8, 4) is 0 Å². The van der Waals surface area contributed by atoms with Crippen molar-refractivity contribution in [2.45, 2.75) is 19.3 Å². The summed E-state index contributed by atoms with van der Waals surface area (Å²) in [5.41, 5.74) is 1.50. The molecule has 0 radical (unpaired) electrons. The van der Waals surface area contributed by atoms with E-state index in [2.05, 4.69) is 52.9 Å². The lowest BCUT2D eigenvalue weighted by molar-refractivity contribution is 0.680. The third kappa shape index (κ3) is 2.70. The Morgan fingerprint density at radius 2 is 1.92 bits per heavy atom. The monoisotopic (exact) mass is 286 g/mol. The number of alkyl halides is 1. The summed E-state index contributed by atoms with van der Waals surface area (Å²) in [5, 5.41) is 0. The van der Waals surface area contributed by atoms with E-state index in [1.54, 1.807) is 0 Å². The summed E-state index contributed by atoms with van der Waals surface area (Å²) in [6.45, 7) is 0. The summed E-state index contributed by atoms with van der Waals surface area (Å²) >= 11 is 2.51. The van der Waals surface area contributed by atoms with Crippen LogP contribution in [0.5, 0.6) is 0 Å². The summed E-state index contributed by atoms with van der Waals surface area (Å²) in [6.07, 6.45) is 4.16. The highest BCUT2D eigenvalue weighted by molar-refractivity contribution is 14.1. The molecular weight excluding hydrogens is 271 g/mol. The van der Waals surface area contributed by atoms with Crippen LogP contribution < -0.4 is 0 Å². The van der Waals surface area contributed by atoms with E-state index >= 15 is 0 Å². The Morgan fingerprint density at radius 3 is 2.54 bits per heavy atom. The van der Waals surface area contributed by atoms with Gasteiger partial charge in [-0.1, -0.05) is 52.9 Å². The van der Waals surface area contributed by atoms with Gasteiger partial charge in [-0.3, -0.25) is 0 Å². The molecule has 0 nitrogen and oxygen atoms in total. The number of hydrogen-bond donors (Lipinski definition) is 0. The maximum atomic E-state index is 2.51. The number of benzene rings is 1. The van der Waals surface area contributed by atoms with Crippen LogP contribution in [-0.4, -0.2) is 4.43 Å². The fraction of sp³-hybridized carbons (Fsp3) is 0.500. The standard InChI is InChI=1S/C12H15I/c13-9-12-8-11(12)7-6-10-4-2-1-3-5-10/h1-5,11-12H,6-9H2. The Bertz CT molecular complexity index is 255. The molecule has 1 aromatic carbocycles. The van der Waals surface area contributed by atoms with Crippen molar-refractivity contribution in [1.82, 2.24) is 0 Å². The molecule has 1 aliphatic carbocycles. The lowest BCUT2D eigenvalue weighted by atomic mass is 10.1. The molecule has 1 aliphatic rings. The summed E-state index contributed by atoms with van der Waals surface area (Å²) in [4.78, 5) is 0. The van der Waals surface area contributed by atoms with Crippen LogP contribution in [0.4, 0.5) is 0 Å². The van der Waals surface area contributed by atoms with Gasteiger partial charge in [0.1, 0.15) is 0 Å². The Kier molecular flexibility index (Phi) is 3.25. The van der Waals surface area contributed by atoms with Gasteiger partial charge in [-0.05, 0) is 36.7 Å². The van der Waals surface area contributed by atoms with Gasteiger partial charge in [0.25, 0.3) is 0 Å². The van der Waals surface area contributed by atoms with Gasteiger partial charge in [0, 0.05) is 4.43 Å². The van der Waals surface area contributed by atoms with Gasteiger partial charge in [-0.25, -0.2) is 0 Å². The van der Waals surface area contributed by atoms with Crippen LogP contribution in [0.3, 0.4) is 0 Å². The minimum Gasteiger partial charge on any atom is -0.0861 e. The third-order valence-electron chi connectivity index (χ3n) is 2.91. The molecule has 0 aliphatic heterocycles. The van der Waals surface area contributed by atoms with Crippen LogP contribution >= 0.6 is 22.6 Å². The molecule has 1 saturated carbocycles. The minimum atomic E-state index is 1.04. The molecule has 0 N–H and O–H groups in total. The first-order chi connectivity index (χ1) is 6.40. The molecule has 0 saturated heterocycles. The Balaban J connectivity index is 1.75. The van der Waals surface area contributed by atoms with Gasteiger partial charge in [0.05, 0.1) is 0 Å². The summed E-state index contributed by atoms with van der Waals surface area (Å²) in [7, 11) is 0. The lowest BCUT2D eigenvalue weighted by Gasteiger charge is -1.99. The first-order valence-electron chi connectivity index (χ1n) is 5.00. The zero-order valence-corrected chi connectivity index (χ0v) is 9.91. The Hall–Kier alpha value is -0.0500. The lowest BCUT2D eigenvalue weighted by Crippen LogP contribution is -1.89. The molecule has 2 rings (SSSR count). The van der Waals surface area contributed by atoms with Gasteiger partial charge in [0.2, 0.25) is 0 Å². The fourth-order valence-electron chi connectivity index (χ4n) is 1.85. The molecular formula is C12H15I. The first-order valence-corrected chi connectivity index (χ1v) is 6.52. The first kappa shape index (κ1) is 9.50. The highest BCUT2D eigenvalue weighted by atomic mass is 127. The molecule has 70 valence electrons. The van der Waals surface area contributed by atoms with E-state index < -0.39 is 0 Å². The van der Waals surface area contributed by atoms with E-state index in [9.17, 15) is 0 Å².